The molecular formula is C13H16N4O4. The van der Waals surface area contributed by atoms with Crippen LogP contribution in [0.1, 0.15) is 17.3 Å². The second-order valence-corrected chi connectivity index (χ2v) is 4.36. The molecule has 1 atom stereocenters. The number of ether oxygens (including phenoxy) is 1. The van der Waals surface area contributed by atoms with Crippen molar-refractivity contribution >= 4 is 22.9 Å². The topological polar surface area (TPSA) is 106 Å². The minimum atomic E-state index is -1.39. The lowest BCUT2D eigenvalue weighted by Crippen LogP contribution is -2.37. The van der Waals surface area contributed by atoms with Crippen LogP contribution in [0.5, 0.6) is 0 Å². The molecule has 112 valence electrons. The van der Waals surface area contributed by atoms with Crippen LogP contribution >= 0.6 is 0 Å². The average Bonchev–Trinajstić information content (AvgIpc) is 2.93. The molecule has 2 N–H and O–H groups in total. The Morgan fingerprint density at radius 3 is 2.90 bits per heavy atom. The van der Waals surface area contributed by atoms with Gasteiger partial charge in [0.25, 0.3) is 5.91 Å². The van der Waals surface area contributed by atoms with Crippen molar-refractivity contribution in [1.29, 1.82) is 0 Å². The third-order valence-corrected chi connectivity index (χ3v) is 3.00. The Morgan fingerprint density at radius 2 is 2.24 bits per heavy atom. The first kappa shape index (κ1) is 14.9. The van der Waals surface area contributed by atoms with E-state index < -0.39 is 18.0 Å². The third-order valence-electron chi connectivity index (χ3n) is 3.00. The number of methoxy groups -OCH3 is 1. The molecule has 1 amide bonds. The number of carbonyl (C=O) groups excluding carboxylic acids is 2. The lowest BCUT2D eigenvalue weighted by molar-refractivity contribution is -0.149. The normalized spacial score (nSPS) is 12.1. The first-order valence-electron chi connectivity index (χ1n) is 6.44. The highest BCUT2D eigenvalue weighted by molar-refractivity contribution is 5.97. The number of nitrogens with zero attached hydrogens (tertiary/aromatic N) is 3. The van der Waals surface area contributed by atoms with E-state index in [4.69, 9.17) is 0 Å². The van der Waals surface area contributed by atoms with Gasteiger partial charge in [0.15, 0.2) is 6.10 Å². The first-order valence-corrected chi connectivity index (χ1v) is 6.44. The molecule has 1 unspecified atom stereocenters. The van der Waals surface area contributed by atoms with Crippen LogP contribution in [0.2, 0.25) is 0 Å². The molecule has 0 bridgehead atoms. The zero-order chi connectivity index (χ0) is 15.4. The molecule has 1 heterocycles. The fourth-order valence-electron chi connectivity index (χ4n) is 1.86. The summed E-state index contributed by atoms with van der Waals surface area (Å²) in [7, 11) is 1.17. The molecule has 0 aliphatic carbocycles. The Balaban J connectivity index is 2.07. The van der Waals surface area contributed by atoms with Gasteiger partial charge in [-0.2, -0.15) is 0 Å². The van der Waals surface area contributed by atoms with Crippen molar-refractivity contribution in [3.63, 3.8) is 0 Å². The number of nitrogens with one attached hydrogen (secondary N) is 1. The van der Waals surface area contributed by atoms with Crippen LogP contribution in [-0.4, -0.2) is 51.7 Å². The molecule has 21 heavy (non-hydrogen) atoms. The second-order valence-electron chi connectivity index (χ2n) is 4.36. The van der Waals surface area contributed by atoms with Crippen molar-refractivity contribution in [1.82, 2.24) is 20.3 Å². The first-order chi connectivity index (χ1) is 10.1. The lowest BCUT2D eigenvalue weighted by atomic mass is 10.2. The fraction of sp³-hybridized carbons (Fsp3) is 0.385. The Hall–Kier alpha value is -2.48. The van der Waals surface area contributed by atoms with E-state index in [2.05, 4.69) is 20.4 Å². The van der Waals surface area contributed by atoms with E-state index in [1.165, 1.54) is 7.11 Å². The van der Waals surface area contributed by atoms with E-state index in [-0.39, 0.29) is 6.54 Å². The Bertz CT molecular complexity index is 667. The minimum Gasteiger partial charge on any atom is -0.467 e. The Morgan fingerprint density at radius 1 is 1.48 bits per heavy atom. The van der Waals surface area contributed by atoms with Gasteiger partial charge in [0.05, 0.1) is 19.2 Å². The molecular weight excluding hydrogens is 276 g/mol. The number of carbonyl (C=O) groups is 2. The number of aliphatic hydroxyl groups is 1. The fourth-order valence-corrected chi connectivity index (χ4v) is 1.86. The predicted molar refractivity (Wildman–Crippen MR) is 73.6 cm³/mol. The van der Waals surface area contributed by atoms with E-state index in [1.807, 2.05) is 6.92 Å². The highest BCUT2D eigenvalue weighted by atomic mass is 16.5. The zero-order valence-corrected chi connectivity index (χ0v) is 11.7. The number of esters is 1. The Labute approximate surface area is 120 Å². The molecule has 1 aromatic carbocycles. The van der Waals surface area contributed by atoms with Gasteiger partial charge in [-0.15, -0.1) is 5.10 Å². The molecule has 0 radical (unpaired) electrons. The van der Waals surface area contributed by atoms with Crippen LogP contribution in [0.25, 0.3) is 11.0 Å². The third kappa shape index (κ3) is 3.16. The van der Waals surface area contributed by atoms with Gasteiger partial charge in [-0.1, -0.05) is 5.21 Å². The van der Waals surface area contributed by atoms with E-state index in [0.717, 1.165) is 5.52 Å². The van der Waals surface area contributed by atoms with Gasteiger partial charge in [0, 0.05) is 12.1 Å². The van der Waals surface area contributed by atoms with Crippen LogP contribution in [0.4, 0.5) is 0 Å². The largest absolute Gasteiger partial charge is 0.467 e. The number of benzene rings is 1. The van der Waals surface area contributed by atoms with Gasteiger partial charge in [-0.25, -0.2) is 9.48 Å². The number of rotatable bonds is 5. The summed E-state index contributed by atoms with van der Waals surface area (Å²) in [6.45, 7) is 2.42. The quantitative estimate of drug-likeness (QED) is 0.734. The number of amides is 1. The second kappa shape index (κ2) is 6.31. The van der Waals surface area contributed by atoms with Gasteiger partial charge in [-0.3, -0.25) is 4.79 Å². The number of hydrogen-bond donors (Lipinski definition) is 2. The van der Waals surface area contributed by atoms with E-state index in [0.29, 0.717) is 17.6 Å². The standard InChI is InChI=1S/C13H16N4O4/c1-3-17-10-5-4-8(6-9(10)15-16-17)12(19)14-7-11(18)13(20)21-2/h4-6,11,18H,3,7H2,1-2H3,(H,14,19). The molecule has 0 aliphatic heterocycles. The summed E-state index contributed by atoms with van der Waals surface area (Å²) in [5.74, 6) is -1.21. The number of hydrogen-bond acceptors (Lipinski definition) is 6. The average molecular weight is 292 g/mol. The molecule has 0 saturated carbocycles. The van der Waals surface area contributed by atoms with Crippen LogP contribution in [0.3, 0.4) is 0 Å². The molecule has 1 aromatic heterocycles. The van der Waals surface area contributed by atoms with E-state index in [1.54, 1.807) is 22.9 Å². The van der Waals surface area contributed by atoms with Crippen molar-refractivity contribution in [2.75, 3.05) is 13.7 Å². The maximum atomic E-state index is 12.0. The number of fused-ring (bicyclic) bond motifs is 1. The Kier molecular flexibility index (Phi) is 4.49. The number of aromatic nitrogens is 3. The summed E-state index contributed by atoms with van der Waals surface area (Å²) in [6.07, 6.45) is -1.39. The summed E-state index contributed by atoms with van der Waals surface area (Å²) in [6, 6.07) is 5.00. The van der Waals surface area contributed by atoms with Crippen molar-refractivity contribution in [2.24, 2.45) is 0 Å². The zero-order valence-electron chi connectivity index (χ0n) is 11.7. The molecule has 0 spiro atoms. The summed E-state index contributed by atoms with van der Waals surface area (Å²) in [5.41, 5.74) is 1.82. The smallest absolute Gasteiger partial charge is 0.336 e. The molecule has 2 aromatic rings. The highest BCUT2D eigenvalue weighted by Gasteiger charge is 2.17. The van der Waals surface area contributed by atoms with Gasteiger partial charge in [0.1, 0.15) is 5.52 Å². The lowest BCUT2D eigenvalue weighted by Gasteiger charge is -2.09. The summed E-state index contributed by atoms with van der Waals surface area (Å²) in [4.78, 5) is 23.0. The number of aryl methyl sites for hydroxylation is 1. The highest BCUT2D eigenvalue weighted by Crippen LogP contribution is 2.13. The molecule has 0 aliphatic rings. The van der Waals surface area contributed by atoms with Crippen molar-refractivity contribution in [3.05, 3.63) is 23.8 Å². The maximum absolute atomic E-state index is 12.0. The monoisotopic (exact) mass is 292 g/mol. The predicted octanol–water partition coefficient (Wildman–Crippen LogP) is -0.285. The summed E-state index contributed by atoms with van der Waals surface area (Å²) in [5, 5.41) is 19.8. The molecule has 0 fully saturated rings. The van der Waals surface area contributed by atoms with Crippen LogP contribution < -0.4 is 5.32 Å². The van der Waals surface area contributed by atoms with Crippen LogP contribution in [-0.2, 0) is 16.1 Å². The van der Waals surface area contributed by atoms with Gasteiger partial charge in [0.2, 0.25) is 0 Å². The molecule has 0 saturated heterocycles. The minimum absolute atomic E-state index is 0.217. The summed E-state index contributed by atoms with van der Waals surface area (Å²) < 4.78 is 6.08. The molecule has 8 heteroatoms. The maximum Gasteiger partial charge on any atom is 0.336 e. The van der Waals surface area contributed by atoms with Crippen LogP contribution in [0, 0.1) is 0 Å². The summed E-state index contributed by atoms with van der Waals surface area (Å²) >= 11 is 0. The van der Waals surface area contributed by atoms with Crippen molar-refractivity contribution in [2.45, 2.75) is 19.6 Å². The van der Waals surface area contributed by atoms with Crippen molar-refractivity contribution in [3.8, 4) is 0 Å². The van der Waals surface area contributed by atoms with E-state index in [9.17, 15) is 14.7 Å². The van der Waals surface area contributed by atoms with Gasteiger partial charge in [-0.05, 0) is 25.1 Å². The van der Waals surface area contributed by atoms with Crippen molar-refractivity contribution < 1.29 is 19.4 Å². The van der Waals surface area contributed by atoms with E-state index >= 15 is 0 Å². The molecule has 8 nitrogen and oxygen atoms in total. The van der Waals surface area contributed by atoms with Gasteiger partial charge < -0.3 is 15.2 Å². The van der Waals surface area contributed by atoms with Gasteiger partial charge >= 0.3 is 5.97 Å². The molecule has 2 rings (SSSR count). The SMILES string of the molecule is CCn1nnc2cc(C(=O)NCC(O)C(=O)OC)ccc21. The van der Waals surface area contributed by atoms with Crippen LogP contribution in [0.15, 0.2) is 18.2 Å². The number of aliphatic hydroxyl groups excluding tert-OH is 1.